The third kappa shape index (κ3) is 3.26. The van der Waals surface area contributed by atoms with Crippen molar-refractivity contribution in [3.63, 3.8) is 0 Å². The van der Waals surface area contributed by atoms with E-state index < -0.39 is 10.0 Å². The van der Waals surface area contributed by atoms with E-state index in [2.05, 4.69) is 0 Å². The number of methoxy groups -OCH3 is 1. The number of nitrogens with two attached hydrogens (primary N) is 2. The van der Waals surface area contributed by atoms with Gasteiger partial charge in [-0.15, -0.1) is 0 Å². The molecule has 0 bridgehead atoms. The Morgan fingerprint density at radius 1 is 1.10 bits per heavy atom. The molecule has 0 radical (unpaired) electrons. The van der Waals surface area contributed by atoms with Gasteiger partial charge in [0.1, 0.15) is 5.75 Å². The Hall–Kier alpha value is -2.25. The first-order valence-electron chi connectivity index (χ1n) is 6.13. The van der Waals surface area contributed by atoms with E-state index in [1.54, 1.807) is 19.1 Å². The standard InChI is InChI=1S/C14H17N3O3S/c1-17(10-3-5-11(20-2)6-4-10)14-9-12(21(16,18)19)7-8-13(14)15/h3-9H,15H2,1-2H3,(H2,16,18,19). The summed E-state index contributed by atoms with van der Waals surface area (Å²) in [6.07, 6.45) is 0. The zero-order valence-corrected chi connectivity index (χ0v) is 12.6. The molecule has 112 valence electrons. The Labute approximate surface area is 124 Å². The number of hydrogen-bond donors (Lipinski definition) is 2. The van der Waals surface area contributed by atoms with Crippen LogP contribution in [0.2, 0.25) is 0 Å². The second-order valence-corrected chi connectivity index (χ2v) is 6.08. The van der Waals surface area contributed by atoms with Crippen LogP contribution >= 0.6 is 0 Å². The molecule has 7 heteroatoms. The zero-order chi connectivity index (χ0) is 15.6. The number of anilines is 3. The van der Waals surface area contributed by atoms with Crippen molar-refractivity contribution in [3.05, 3.63) is 42.5 Å². The van der Waals surface area contributed by atoms with Gasteiger partial charge in [0.25, 0.3) is 0 Å². The molecule has 0 heterocycles. The number of ether oxygens (including phenoxy) is 1. The van der Waals surface area contributed by atoms with E-state index in [1.165, 1.54) is 18.2 Å². The highest BCUT2D eigenvalue weighted by Crippen LogP contribution is 2.31. The Morgan fingerprint density at radius 2 is 1.71 bits per heavy atom. The fourth-order valence-electron chi connectivity index (χ4n) is 1.94. The molecular formula is C14H17N3O3S. The number of hydrogen-bond acceptors (Lipinski definition) is 5. The molecule has 2 aromatic carbocycles. The monoisotopic (exact) mass is 307 g/mol. The van der Waals surface area contributed by atoms with Gasteiger partial charge in [0.2, 0.25) is 10.0 Å². The molecule has 0 amide bonds. The van der Waals surface area contributed by atoms with E-state index in [-0.39, 0.29) is 4.90 Å². The lowest BCUT2D eigenvalue weighted by Crippen LogP contribution is -2.15. The van der Waals surface area contributed by atoms with Gasteiger partial charge in [-0.3, -0.25) is 0 Å². The van der Waals surface area contributed by atoms with Crippen LogP contribution in [0.1, 0.15) is 0 Å². The molecule has 0 aliphatic carbocycles. The van der Waals surface area contributed by atoms with Crippen LogP contribution in [0.5, 0.6) is 5.75 Å². The van der Waals surface area contributed by atoms with E-state index in [0.717, 1.165) is 11.4 Å². The first kappa shape index (κ1) is 15.1. The molecule has 0 atom stereocenters. The minimum Gasteiger partial charge on any atom is -0.497 e. The van der Waals surface area contributed by atoms with Crippen molar-refractivity contribution in [2.45, 2.75) is 4.90 Å². The molecule has 0 saturated carbocycles. The Morgan fingerprint density at radius 3 is 2.24 bits per heavy atom. The molecule has 0 unspecified atom stereocenters. The Kier molecular flexibility index (Phi) is 4.06. The summed E-state index contributed by atoms with van der Waals surface area (Å²) in [6.45, 7) is 0. The first-order valence-corrected chi connectivity index (χ1v) is 7.67. The third-order valence-electron chi connectivity index (χ3n) is 3.15. The molecular weight excluding hydrogens is 290 g/mol. The van der Waals surface area contributed by atoms with Crippen molar-refractivity contribution in [1.82, 2.24) is 0 Å². The summed E-state index contributed by atoms with van der Waals surface area (Å²) < 4.78 is 28.0. The van der Waals surface area contributed by atoms with Crippen LogP contribution in [0.3, 0.4) is 0 Å². The molecule has 0 aliphatic heterocycles. The molecule has 0 fully saturated rings. The molecule has 2 aromatic rings. The summed E-state index contributed by atoms with van der Waals surface area (Å²) >= 11 is 0. The van der Waals surface area contributed by atoms with Crippen molar-refractivity contribution >= 4 is 27.1 Å². The summed E-state index contributed by atoms with van der Waals surface area (Å²) in [5.74, 6) is 0.735. The number of primary sulfonamides is 1. The van der Waals surface area contributed by atoms with Gasteiger partial charge in [-0.1, -0.05) is 0 Å². The van der Waals surface area contributed by atoms with Crippen LogP contribution in [-0.2, 0) is 10.0 Å². The van der Waals surface area contributed by atoms with Gasteiger partial charge in [0, 0.05) is 12.7 Å². The van der Waals surface area contributed by atoms with Crippen molar-refractivity contribution in [2.75, 3.05) is 24.8 Å². The summed E-state index contributed by atoms with van der Waals surface area (Å²) in [6, 6.07) is 11.7. The summed E-state index contributed by atoms with van der Waals surface area (Å²) in [7, 11) is -0.389. The van der Waals surface area contributed by atoms with Crippen LogP contribution in [0, 0.1) is 0 Å². The highest BCUT2D eigenvalue weighted by atomic mass is 32.2. The summed E-state index contributed by atoms with van der Waals surface area (Å²) in [5.41, 5.74) is 7.79. The number of sulfonamides is 1. The Balaban J connectivity index is 2.44. The zero-order valence-electron chi connectivity index (χ0n) is 11.8. The molecule has 0 aliphatic rings. The third-order valence-corrected chi connectivity index (χ3v) is 4.06. The molecule has 4 N–H and O–H groups in total. The van der Waals surface area contributed by atoms with Crippen LogP contribution in [0.15, 0.2) is 47.4 Å². The van der Waals surface area contributed by atoms with Gasteiger partial charge >= 0.3 is 0 Å². The summed E-state index contributed by atoms with van der Waals surface area (Å²) in [4.78, 5) is 1.80. The van der Waals surface area contributed by atoms with Crippen LogP contribution in [0.25, 0.3) is 0 Å². The van der Waals surface area contributed by atoms with Gasteiger partial charge in [0.05, 0.1) is 23.4 Å². The summed E-state index contributed by atoms with van der Waals surface area (Å²) in [5, 5.41) is 5.15. The van der Waals surface area contributed by atoms with E-state index in [9.17, 15) is 8.42 Å². The molecule has 21 heavy (non-hydrogen) atoms. The number of benzene rings is 2. The molecule has 6 nitrogen and oxygen atoms in total. The number of nitrogen functional groups attached to an aromatic ring is 1. The molecule has 2 rings (SSSR count). The lowest BCUT2D eigenvalue weighted by Gasteiger charge is -2.22. The van der Waals surface area contributed by atoms with Gasteiger partial charge < -0.3 is 15.4 Å². The lowest BCUT2D eigenvalue weighted by atomic mass is 10.2. The normalized spacial score (nSPS) is 11.2. The van der Waals surface area contributed by atoms with Gasteiger partial charge in [-0.05, 0) is 42.5 Å². The van der Waals surface area contributed by atoms with Crippen LogP contribution < -0.4 is 20.5 Å². The largest absolute Gasteiger partial charge is 0.497 e. The Bertz CT molecular complexity index is 743. The van der Waals surface area contributed by atoms with Crippen molar-refractivity contribution < 1.29 is 13.2 Å². The second kappa shape index (κ2) is 5.63. The highest BCUT2D eigenvalue weighted by molar-refractivity contribution is 7.89. The van der Waals surface area contributed by atoms with Crippen LogP contribution in [-0.4, -0.2) is 22.6 Å². The smallest absolute Gasteiger partial charge is 0.238 e. The lowest BCUT2D eigenvalue weighted by molar-refractivity contribution is 0.415. The van der Waals surface area contributed by atoms with Gasteiger partial charge in [0.15, 0.2) is 0 Å². The van der Waals surface area contributed by atoms with Crippen molar-refractivity contribution in [1.29, 1.82) is 0 Å². The van der Waals surface area contributed by atoms with E-state index in [1.807, 2.05) is 24.3 Å². The highest BCUT2D eigenvalue weighted by Gasteiger charge is 2.14. The van der Waals surface area contributed by atoms with E-state index in [0.29, 0.717) is 11.4 Å². The average molecular weight is 307 g/mol. The first-order chi connectivity index (χ1) is 9.82. The fourth-order valence-corrected chi connectivity index (χ4v) is 2.47. The molecule has 0 saturated heterocycles. The minimum atomic E-state index is -3.77. The SMILES string of the molecule is COc1ccc(N(C)c2cc(S(N)(=O)=O)ccc2N)cc1. The predicted octanol–water partition coefficient (Wildman–Crippen LogP) is 1.69. The van der Waals surface area contributed by atoms with Crippen LogP contribution in [0.4, 0.5) is 17.1 Å². The van der Waals surface area contributed by atoms with Gasteiger partial charge in [-0.25, -0.2) is 13.6 Å². The predicted molar refractivity (Wildman–Crippen MR) is 83.3 cm³/mol. The maximum Gasteiger partial charge on any atom is 0.238 e. The van der Waals surface area contributed by atoms with Gasteiger partial charge in [-0.2, -0.15) is 0 Å². The minimum absolute atomic E-state index is 0.0204. The number of nitrogens with zero attached hydrogens (tertiary/aromatic N) is 1. The molecule has 0 aromatic heterocycles. The number of rotatable bonds is 4. The maximum atomic E-state index is 11.4. The van der Waals surface area contributed by atoms with E-state index in [4.69, 9.17) is 15.6 Å². The quantitative estimate of drug-likeness (QED) is 0.838. The fraction of sp³-hybridized carbons (Fsp3) is 0.143. The van der Waals surface area contributed by atoms with E-state index >= 15 is 0 Å². The average Bonchev–Trinajstić information content (AvgIpc) is 2.46. The van der Waals surface area contributed by atoms with Crippen molar-refractivity contribution in [3.8, 4) is 5.75 Å². The topological polar surface area (TPSA) is 98.6 Å². The maximum absolute atomic E-state index is 11.4. The molecule has 0 spiro atoms. The van der Waals surface area contributed by atoms with Crippen molar-refractivity contribution in [2.24, 2.45) is 5.14 Å². The second-order valence-electron chi connectivity index (χ2n) is 4.52.